The lowest BCUT2D eigenvalue weighted by Gasteiger charge is -2.07. The van der Waals surface area contributed by atoms with Gasteiger partial charge in [-0.05, 0) is 41.5 Å². The zero-order chi connectivity index (χ0) is 22.8. The molecule has 0 saturated carbocycles. The van der Waals surface area contributed by atoms with Crippen LogP contribution in [0.4, 0.5) is 5.69 Å². The van der Waals surface area contributed by atoms with E-state index in [1.165, 1.54) is 20.4 Å². The summed E-state index contributed by atoms with van der Waals surface area (Å²) in [6.07, 6.45) is 1.69. The van der Waals surface area contributed by atoms with Crippen molar-refractivity contribution in [2.24, 2.45) is 0 Å². The van der Waals surface area contributed by atoms with Gasteiger partial charge in [0.25, 0.3) is 5.91 Å². The smallest absolute Gasteiger partial charge is 0.350 e. The summed E-state index contributed by atoms with van der Waals surface area (Å²) in [4.78, 5) is 27.0. The van der Waals surface area contributed by atoms with Crippen molar-refractivity contribution in [2.45, 2.75) is 6.54 Å². The van der Waals surface area contributed by atoms with E-state index in [1.54, 1.807) is 25.4 Å². The second-order valence-corrected chi connectivity index (χ2v) is 8.45. The van der Waals surface area contributed by atoms with E-state index < -0.39 is 0 Å². The molecule has 5 aromatic rings. The Kier molecular flexibility index (Phi) is 5.50. The number of carbonyl (C=O) groups excluding carboxylic acids is 1. The minimum atomic E-state index is -0.249. The molecule has 0 aliphatic carbocycles. The third-order valence-corrected chi connectivity index (χ3v) is 6.35. The second-order valence-electron chi connectivity index (χ2n) is 7.40. The number of nitrogens with one attached hydrogen (secondary N) is 1. The summed E-state index contributed by atoms with van der Waals surface area (Å²) in [5.41, 5.74) is 2.88. The molecule has 0 radical (unpaired) electrons. The van der Waals surface area contributed by atoms with Gasteiger partial charge in [-0.15, -0.1) is 16.4 Å². The van der Waals surface area contributed by atoms with Crippen LogP contribution in [0, 0.1) is 0 Å². The first-order valence-electron chi connectivity index (χ1n) is 10.3. The molecule has 33 heavy (non-hydrogen) atoms. The third-order valence-electron chi connectivity index (χ3n) is 5.19. The fourth-order valence-electron chi connectivity index (χ4n) is 3.61. The van der Waals surface area contributed by atoms with Crippen molar-refractivity contribution < 1.29 is 9.53 Å². The number of aromatic nitrogens is 3. The Morgan fingerprint density at radius 3 is 2.64 bits per heavy atom. The van der Waals surface area contributed by atoms with Gasteiger partial charge in [0.2, 0.25) is 0 Å². The van der Waals surface area contributed by atoms with E-state index in [9.17, 15) is 9.59 Å². The van der Waals surface area contributed by atoms with Crippen molar-refractivity contribution in [1.82, 2.24) is 14.2 Å². The molecule has 0 aliphatic rings. The van der Waals surface area contributed by atoms with Gasteiger partial charge in [0, 0.05) is 16.8 Å². The zero-order valence-corrected chi connectivity index (χ0v) is 18.6. The molecule has 3 aromatic heterocycles. The quantitative estimate of drug-likeness (QED) is 0.407. The highest BCUT2D eigenvalue weighted by atomic mass is 32.1. The minimum Gasteiger partial charge on any atom is -0.495 e. The van der Waals surface area contributed by atoms with Crippen LogP contribution in [0.1, 0.15) is 15.2 Å². The molecule has 1 amide bonds. The Bertz CT molecular complexity index is 1500. The summed E-state index contributed by atoms with van der Waals surface area (Å²) in [7, 11) is 1.56. The molecular weight excluding hydrogens is 436 g/mol. The van der Waals surface area contributed by atoms with Crippen LogP contribution in [-0.2, 0) is 6.54 Å². The number of benzene rings is 2. The molecule has 3 heterocycles. The number of anilines is 1. The number of hydrogen-bond acceptors (Lipinski definition) is 5. The summed E-state index contributed by atoms with van der Waals surface area (Å²) >= 11 is 1.38. The van der Waals surface area contributed by atoms with Gasteiger partial charge in [0.05, 0.1) is 13.7 Å². The molecule has 0 aliphatic heterocycles. The maximum Gasteiger partial charge on any atom is 0.350 e. The maximum absolute atomic E-state index is 13.0. The number of amides is 1. The molecule has 2 aromatic carbocycles. The number of nitrogens with zero attached hydrogens (tertiary/aromatic N) is 3. The molecule has 5 rings (SSSR count). The van der Waals surface area contributed by atoms with Gasteiger partial charge >= 0.3 is 5.69 Å². The molecule has 0 spiro atoms. The van der Waals surface area contributed by atoms with Gasteiger partial charge in [-0.3, -0.25) is 9.20 Å². The number of thiophene rings is 1. The van der Waals surface area contributed by atoms with Crippen molar-refractivity contribution in [3.63, 3.8) is 0 Å². The SMILES string of the molecule is COc1cc(-c2ccccc2)sc1C(=O)Nc1cccc(Cn2nc3ccccn3c2=O)c1. The third kappa shape index (κ3) is 4.16. The number of hydrogen-bond donors (Lipinski definition) is 1. The Balaban J connectivity index is 1.37. The first-order valence-corrected chi connectivity index (χ1v) is 11.1. The van der Waals surface area contributed by atoms with Crippen molar-refractivity contribution in [3.8, 4) is 16.2 Å². The Morgan fingerprint density at radius 2 is 1.85 bits per heavy atom. The summed E-state index contributed by atoms with van der Waals surface area (Å²) in [5.74, 6) is 0.282. The first-order chi connectivity index (χ1) is 16.1. The summed E-state index contributed by atoms with van der Waals surface area (Å²) < 4.78 is 8.36. The molecule has 1 N–H and O–H groups in total. The standard InChI is InChI=1S/C25H20N4O3S/c1-32-20-15-21(18-9-3-2-4-10-18)33-23(20)24(30)26-19-11-7-8-17(14-19)16-29-25(31)28-13-6-5-12-22(28)27-29/h2-15H,16H2,1H3,(H,26,30). The van der Waals surface area contributed by atoms with Gasteiger partial charge in [-0.25, -0.2) is 9.48 Å². The Labute approximate surface area is 193 Å². The average molecular weight is 457 g/mol. The summed E-state index contributed by atoms with van der Waals surface area (Å²) in [6.45, 7) is 0.296. The van der Waals surface area contributed by atoms with Crippen molar-refractivity contribution in [1.29, 1.82) is 0 Å². The summed E-state index contributed by atoms with van der Waals surface area (Å²) in [6, 6.07) is 24.5. The van der Waals surface area contributed by atoms with Gasteiger partial charge in [-0.1, -0.05) is 48.5 Å². The van der Waals surface area contributed by atoms with Gasteiger partial charge in [-0.2, -0.15) is 0 Å². The van der Waals surface area contributed by atoms with E-state index in [0.29, 0.717) is 28.5 Å². The van der Waals surface area contributed by atoms with Crippen molar-refractivity contribution in [2.75, 3.05) is 12.4 Å². The van der Waals surface area contributed by atoms with E-state index in [2.05, 4.69) is 10.4 Å². The van der Waals surface area contributed by atoms with Crippen LogP contribution >= 0.6 is 11.3 Å². The van der Waals surface area contributed by atoms with Crippen LogP contribution in [0.5, 0.6) is 5.75 Å². The van der Waals surface area contributed by atoms with Gasteiger partial charge in [0.15, 0.2) is 5.65 Å². The number of pyridine rings is 1. The van der Waals surface area contributed by atoms with E-state index >= 15 is 0 Å². The minimum absolute atomic E-state index is 0.211. The molecule has 0 saturated heterocycles. The Hall–Kier alpha value is -4.17. The zero-order valence-electron chi connectivity index (χ0n) is 17.8. The number of rotatable bonds is 6. The predicted octanol–water partition coefficient (Wildman–Crippen LogP) is 4.53. The predicted molar refractivity (Wildman–Crippen MR) is 129 cm³/mol. The molecule has 7 nitrogen and oxygen atoms in total. The monoisotopic (exact) mass is 456 g/mol. The van der Waals surface area contributed by atoms with Crippen LogP contribution in [0.15, 0.2) is 89.9 Å². The highest BCUT2D eigenvalue weighted by Crippen LogP contribution is 2.36. The fourth-order valence-corrected chi connectivity index (χ4v) is 4.63. The van der Waals surface area contributed by atoms with Crippen molar-refractivity contribution >= 4 is 28.6 Å². The first kappa shape index (κ1) is 20.7. The van der Waals surface area contributed by atoms with Crippen LogP contribution in [0.25, 0.3) is 16.1 Å². The molecule has 164 valence electrons. The molecule has 0 unspecified atom stereocenters. The lowest BCUT2D eigenvalue weighted by molar-refractivity contribution is 0.102. The van der Waals surface area contributed by atoms with E-state index in [0.717, 1.165) is 16.0 Å². The number of fused-ring (bicyclic) bond motifs is 1. The number of methoxy groups -OCH3 is 1. The molecule has 0 bridgehead atoms. The largest absolute Gasteiger partial charge is 0.495 e. The second kappa shape index (κ2) is 8.76. The van der Waals surface area contributed by atoms with Gasteiger partial charge in [0.1, 0.15) is 10.6 Å². The van der Waals surface area contributed by atoms with Crippen LogP contribution in [0.2, 0.25) is 0 Å². The molecule has 0 atom stereocenters. The number of carbonyl (C=O) groups is 1. The summed E-state index contributed by atoms with van der Waals surface area (Å²) in [5, 5.41) is 7.31. The average Bonchev–Trinajstić information content (AvgIpc) is 3.42. The highest BCUT2D eigenvalue weighted by Gasteiger charge is 2.18. The normalized spacial score (nSPS) is 10.9. The lowest BCUT2D eigenvalue weighted by Crippen LogP contribution is -2.21. The van der Waals surface area contributed by atoms with E-state index in [4.69, 9.17) is 4.74 Å². The Morgan fingerprint density at radius 1 is 1.03 bits per heavy atom. The highest BCUT2D eigenvalue weighted by molar-refractivity contribution is 7.17. The lowest BCUT2D eigenvalue weighted by atomic mass is 10.2. The fraction of sp³-hybridized carbons (Fsp3) is 0.0800. The molecular formula is C25H20N4O3S. The maximum atomic E-state index is 13.0. The van der Waals surface area contributed by atoms with Crippen LogP contribution in [0.3, 0.4) is 0 Å². The molecule has 0 fully saturated rings. The van der Waals surface area contributed by atoms with Gasteiger partial charge < -0.3 is 10.1 Å². The van der Waals surface area contributed by atoms with Crippen molar-refractivity contribution in [3.05, 3.63) is 106 Å². The van der Waals surface area contributed by atoms with Crippen LogP contribution < -0.4 is 15.7 Å². The van der Waals surface area contributed by atoms with E-state index in [1.807, 2.05) is 66.7 Å². The topological polar surface area (TPSA) is 77.6 Å². The van der Waals surface area contributed by atoms with E-state index in [-0.39, 0.29) is 11.6 Å². The van der Waals surface area contributed by atoms with Crippen LogP contribution in [-0.4, -0.2) is 27.2 Å². The molecule has 8 heteroatoms. The number of ether oxygens (including phenoxy) is 1.